The molecule has 0 N–H and O–H groups in total. The summed E-state index contributed by atoms with van der Waals surface area (Å²) in [6.07, 6.45) is 1.43. The smallest absolute Gasteiger partial charge is 0.322 e. The van der Waals surface area contributed by atoms with E-state index in [4.69, 9.17) is 9.47 Å². The Morgan fingerprint density at radius 1 is 1.06 bits per heavy atom. The molecule has 6 heteroatoms. The van der Waals surface area contributed by atoms with Gasteiger partial charge in [-0.15, -0.1) is 0 Å². The van der Waals surface area contributed by atoms with Crippen molar-refractivity contribution >= 4 is 20.0 Å². The summed E-state index contributed by atoms with van der Waals surface area (Å²) in [6.45, 7) is 22.4. The van der Waals surface area contributed by atoms with E-state index in [9.17, 15) is 9.59 Å². The summed E-state index contributed by atoms with van der Waals surface area (Å²) >= 11 is 0. The van der Waals surface area contributed by atoms with Crippen molar-refractivity contribution in [1.29, 1.82) is 0 Å². The van der Waals surface area contributed by atoms with Gasteiger partial charge in [0.2, 0.25) is 5.91 Å². The van der Waals surface area contributed by atoms with Crippen LogP contribution >= 0.6 is 0 Å². The molecule has 3 aliphatic rings. The van der Waals surface area contributed by atoms with Gasteiger partial charge in [-0.25, -0.2) is 0 Å². The molecular formula is C30H47NO4Si. The molecule has 1 amide bonds. The van der Waals surface area contributed by atoms with Crippen LogP contribution in [0.1, 0.15) is 93.7 Å². The molecule has 0 bridgehead atoms. The molecule has 1 saturated carbocycles. The van der Waals surface area contributed by atoms with Crippen molar-refractivity contribution in [2.75, 3.05) is 6.61 Å². The molecule has 5 nitrogen and oxygen atoms in total. The lowest BCUT2D eigenvalue weighted by Crippen LogP contribution is -2.51. The standard InChI is InChI=1S/C30H47NO4Si/c1-19(2)36(20(3)4,21(5)6)23-16-25-29(10)31(24(18-34-29)22-14-12-11-13-15-22)26(32)30(25,17-23)27(33)35-28(7,8)9/h11-15,19-21,23-25H,16-18H2,1-10H3/t23-,24-,25+,29-,30-/m1/s1. The average Bonchev–Trinajstić information content (AvgIpc) is 3.37. The minimum absolute atomic E-state index is 0.0859. The van der Waals surface area contributed by atoms with Crippen LogP contribution in [0.25, 0.3) is 0 Å². The highest BCUT2D eigenvalue weighted by molar-refractivity contribution is 6.84. The number of nitrogens with zero attached hydrogens (tertiary/aromatic N) is 1. The monoisotopic (exact) mass is 513 g/mol. The maximum absolute atomic E-state index is 14.6. The van der Waals surface area contributed by atoms with E-state index in [0.29, 0.717) is 35.2 Å². The normalized spacial score (nSPS) is 32.5. The van der Waals surface area contributed by atoms with Gasteiger partial charge >= 0.3 is 5.97 Å². The first-order valence-electron chi connectivity index (χ1n) is 13.9. The van der Waals surface area contributed by atoms with Crippen LogP contribution in [-0.4, -0.2) is 42.8 Å². The van der Waals surface area contributed by atoms with Gasteiger partial charge in [0.1, 0.15) is 11.3 Å². The largest absolute Gasteiger partial charge is 0.459 e. The summed E-state index contributed by atoms with van der Waals surface area (Å²) in [5, 5.41) is 0. The van der Waals surface area contributed by atoms with Crippen LogP contribution in [0.4, 0.5) is 0 Å². The first-order valence-corrected chi connectivity index (χ1v) is 16.2. The molecule has 0 aromatic heterocycles. The van der Waals surface area contributed by atoms with Gasteiger partial charge in [-0.3, -0.25) is 9.59 Å². The van der Waals surface area contributed by atoms with Crippen LogP contribution in [0.3, 0.4) is 0 Å². The van der Waals surface area contributed by atoms with Crippen LogP contribution < -0.4 is 0 Å². The Hall–Kier alpha value is -1.66. The Kier molecular flexibility index (Phi) is 6.82. The number of carbonyl (C=O) groups is 2. The molecule has 1 aromatic carbocycles. The zero-order valence-corrected chi connectivity index (χ0v) is 25.1. The second kappa shape index (κ2) is 8.97. The quantitative estimate of drug-likeness (QED) is 0.231. The van der Waals surface area contributed by atoms with E-state index in [1.165, 1.54) is 0 Å². The Morgan fingerprint density at radius 2 is 1.61 bits per heavy atom. The van der Waals surface area contributed by atoms with Crippen molar-refractivity contribution in [3.63, 3.8) is 0 Å². The molecule has 2 aliphatic heterocycles. The number of fused-ring (bicyclic) bond motifs is 3. The second-order valence-corrected chi connectivity index (χ2v) is 19.9. The zero-order chi connectivity index (χ0) is 26.8. The summed E-state index contributed by atoms with van der Waals surface area (Å²) in [7, 11) is -1.93. The summed E-state index contributed by atoms with van der Waals surface area (Å²) in [4.78, 5) is 30.7. The second-order valence-electron chi connectivity index (χ2n) is 13.6. The fourth-order valence-electron chi connectivity index (χ4n) is 8.94. The number of benzene rings is 1. The predicted molar refractivity (Wildman–Crippen MR) is 146 cm³/mol. The minimum atomic E-state index is -1.93. The predicted octanol–water partition coefficient (Wildman–Crippen LogP) is 7.10. The van der Waals surface area contributed by atoms with Gasteiger partial charge in [0, 0.05) is 5.92 Å². The zero-order valence-electron chi connectivity index (χ0n) is 24.1. The highest BCUT2D eigenvalue weighted by Gasteiger charge is 2.77. The average molecular weight is 514 g/mol. The van der Waals surface area contributed by atoms with Crippen molar-refractivity contribution in [3.05, 3.63) is 35.9 Å². The molecule has 36 heavy (non-hydrogen) atoms. The fraction of sp³-hybridized carbons (Fsp3) is 0.733. The molecule has 200 valence electrons. The van der Waals surface area contributed by atoms with E-state index >= 15 is 0 Å². The summed E-state index contributed by atoms with van der Waals surface area (Å²) < 4.78 is 12.6. The van der Waals surface area contributed by atoms with Gasteiger partial charge in [-0.2, -0.15) is 0 Å². The number of amides is 1. The first-order chi connectivity index (χ1) is 16.6. The Bertz CT molecular complexity index is 978. The molecule has 1 aliphatic carbocycles. The van der Waals surface area contributed by atoms with E-state index in [1.54, 1.807) is 0 Å². The molecule has 0 spiro atoms. The van der Waals surface area contributed by atoms with Crippen molar-refractivity contribution in [2.45, 2.75) is 122 Å². The molecule has 0 radical (unpaired) electrons. The van der Waals surface area contributed by atoms with Gasteiger partial charge in [-0.1, -0.05) is 88.5 Å². The van der Waals surface area contributed by atoms with Crippen LogP contribution in [0.2, 0.25) is 22.2 Å². The minimum Gasteiger partial charge on any atom is -0.459 e. The van der Waals surface area contributed by atoms with Gasteiger partial charge in [-0.05, 0) is 51.6 Å². The van der Waals surface area contributed by atoms with E-state index in [2.05, 4.69) is 60.6 Å². The van der Waals surface area contributed by atoms with E-state index in [-0.39, 0.29) is 23.8 Å². The lowest BCUT2D eigenvalue weighted by molar-refractivity contribution is -0.173. The van der Waals surface area contributed by atoms with Crippen molar-refractivity contribution < 1.29 is 19.1 Å². The van der Waals surface area contributed by atoms with Crippen LogP contribution in [0.5, 0.6) is 0 Å². The molecule has 3 fully saturated rings. The third-order valence-corrected chi connectivity index (χ3v) is 17.8. The number of ether oxygens (including phenoxy) is 2. The fourth-order valence-corrected chi connectivity index (χ4v) is 17.1. The lowest BCUT2D eigenvalue weighted by atomic mass is 9.76. The topological polar surface area (TPSA) is 55.8 Å². The molecule has 4 rings (SSSR count). The number of carbonyl (C=O) groups excluding carboxylic acids is 2. The summed E-state index contributed by atoms with van der Waals surface area (Å²) in [5.74, 6) is -0.649. The maximum Gasteiger partial charge on any atom is 0.322 e. The number of rotatable bonds is 6. The van der Waals surface area contributed by atoms with Gasteiger partial charge in [0.05, 0.1) is 20.7 Å². The molecule has 5 atom stereocenters. The number of esters is 1. The van der Waals surface area contributed by atoms with E-state index < -0.39 is 24.8 Å². The highest BCUT2D eigenvalue weighted by atomic mass is 28.3. The maximum atomic E-state index is 14.6. The molecule has 0 unspecified atom stereocenters. The van der Waals surface area contributed by atoms with Crippen molar-refractivity contribution in [3.8, 4) is 0 Å². The Labute approximate surface area is 219 Å². The van der Waals surface area contributed by atoms with Crippen LogP contribution in [-0.2, 0) is 19.1 Å². The first kappa shape index (κ1) is 27.4. The highest BCUT2D eigenvalue weighted by Crippen LogP contribution is 2.69. The third-order valence-electron chi connectivity index (χ3n) is 9.91. The summed E-state index contributed by atoms with van der Waals surface area (Å²) in [5.41, 5.74) is 0.418. The van der Waals surface area contributed by atoms with Crippen molar-refractivity contribution in [1.82, 2.24) is 4.90 Å². The Balaban J connectivity index is 1.85. The van der Waals surface area contributed by atoms with Crippen LogP contribution in [0.15, 0.2) is 30.3 Å². The Morgan fingerprint density at radius 3 is 2.11 bits per heavy atom. The summed E-state index contributed by atoms with van der Waals surface area (Å²) in [6, 6.07) is 9.91. The van der Waals surface area contributed by atoms with Gasteiger partial charge in [0.15, 0.2) is 5.41 Å². The molecule has 1 aromatic rings. The number of hydrogen-bond donors (Lipinski definition) is 0. The van der Waals surface area contributed by atoms with Crippen LogP contribution in [0, 0.1) is 11.3 Å². The van der Waals surface area contributed by atoms with Gasteiger partial charge in [0.25, 0.3) is 0 Å². The molecular weight excluding hydrogens is 466 g/mol. The molecule has 2 heterocycles. The SMILES string of the molecule is CC(C)[Si](C(C)C)(C(C)C)[C@@H]1C[C@@H]2[C@](C(=O)OC(C)(C)C)(C1)C(=O)N1[C@@H](c3ccccc3)CO[C@]21C. The van der Waals surface area contributed by atoms with E-state index in [0.717, 1.165) is 12.0 Å². The third kappa shape index (κ3) is 3.72. The van der Waals surface area contributed by atoms with Gasteiger partial charge < -0.3 is 14.4 Å². The van der Waals surface area contributed by atoms with E-state index in [1.807, 2.05) is 43.9 Å². The van der Waals surface area contributed by atoms with Crippen molar-refractivity contribution in [2.24, 2.45) is 11.3 Å². The lowest BCUT2D eigenvalue weighted by Gasteiger charge is -2.49. The molecule has 2 saturated heterocycles. The number of hydrogen-bond acceptors (Lipinski definition) is 4.